The lowest BCUT2D eigenvalue weighted by Crippen LogP contribution is -2.41. The molecule has 0 unspecified atom stereocenters. The zero-order valence-electron chi connectivity index (χ0n) is 13.8. The van der Waals surface area contributed by atoms with E-state index < -0.39 is 0 Å². The summed E-state index contributed by atoms with van der Waals surface area (Å²) in [5, 5.41) is 6.41. The maximum absolute atomic E-state index is 12.2. The van der Waals surface area contributed by atoms with E-state index in [9.17, 15) is 9.59 Å². The summed E-state index contributed by atoms with van der Waals surface area (Å²) in [5.74, 6) is 0.441. The van der Waals surface area contributed by atoms with Gasteiger partial charge >= 0.3 is 0 Å². The number of carbonyl (C=O) groups excluding carboxylic acids is 2. The number of halogens is 1. The molecule has 0 aliphatic heterocycles. The molecule has 0 heterocycles. The van der Waals surface area contributed by atoms with Crippen molar-refractivity contribution in [3.05, 3.63) is 23.2 Å². The largest absolute Gasteiger partial charge is 0.495 e. The van der Waals surface area contributed by atoms with E-state index in [1.165, 1.54) is 4.90 Å². The van der Waals surface area contributed by atoms with Crippen LogP contribution in [0.5, 0.6) is 5.75 Å². The van der Waals surface area contributed by atoms with Crippen molar-refractivity contribution in [2.24, 2.45) is 0 Å². The first-order valence-corrected chi connectivity index (χ1v) is 8.01. The summed E-state index contributed by atoms with van der Waals surface area (Å²) in [6, 6.07) is 5.25. The molecule has 0 spiro atoms. The minimum Gasteiger partial charge on any atom is -0.495 e. The van der Waals surface area contributed by atoms with Gasteiger partial charge in [0.25, 0.3) is 0 Å². The summed E-state index contributed by atoms with van der Waals surface area (Å²) in [6.45, 7) is 5.27. The summed E-state index contributed by atoms with van der Waals surface area (Å²) < 4.78 is 5.24. The number of amides is 2. The highest BCUT2D eigenvalue weighted by Gasteiger charge is 2.15. The molecule has 1 aromatic carbocycles. The second kappa shape index (κ2) is 9.94. The highest BCUT2D eigenvalue weighted by atomic mass is 35.5. The molecule has 2 N–H and O–H groups in total. The van der Waals surface area contributed by atoms with Gasteiger partial charge in [0.2, 0.25) is 11.8 Å². The van der Waals surface area contributed by atoms with E-state index >= 15 is 0 Å². The maximum Gasteiger partial charge on any atom is 0.239 e. The van der Waals surface area contributed by atoms with Crippen molar-refractivity contribution >= 4 is 29.1 Å². The predicted molar refractivity (Wildman–Crippen MR) is 92.0 cm³/mol. The average molecular weight is 342 g/mol. The molecule has 0 aliphatic carbocycles. The van der Waals surface area contributed by atoms with Crippen LogP contribution in [0.3, 0.4) is 0 Å². The molecular formula is C16H24ClN3O3. The molecule has 1 rings (SSSR count). The normalized spacial score (nSPS) is 10.1. The Labute approximate surface area is 142 Å². The standard InChI is InChI=1S/C16H24ClN3O3/c1-4-18-15(21)11-20(5-2)16(22)8-9-19-13-10-12(17)6-7-14(13)23-3/h6-7,10,19H,4-5,8-9,11H2,1-3H3,(H,18,21). The van der Waals surface area contributed by atoms with Crippen LogP contribution in [0.2, 0.25) is 5.02 Å². The Hall–Kier alpha value is -1.95. The Bertz CT molecular complexity index is 537. The van der Waals surface area contributed by atoms with Gasteiger partial charge in [-0.1, -0.05) is 11.6 Å². The number of nitrogens with zero attached hydrogens (tertiary/aromatic N) is 1. The lowest BCUT2D eigenvalue weighted by molar-refractivity contribution is -0.135. The van der Waals surface area contributed by atoms with Crippen LogP contribution in [-0.2, 0) is 9.59 Å². The van der Waals surface area contributed by atoms with E-state index in [2.05, 4.69) is 10.6 Å². The molecule has 2 amide bonds. The van der Waals surface area contributed by atoms with Crippen molar-refractivity contribution in [2.45, 2.75) is 20.3 Å². The van der Waals surface area contributed by atoms with Gasteiger partial charge in [-0.2, -0.15) is 0 Å². The van der Waals surface area contributed by atoms with Gasteiger partial charge in [-0.25, -0.2) is 0 Å². The van der Waals surface area contributed by atoms with E-state index in [0.29, 0.717) is 30.4 Å². The molecule has 23 heavy (non-hydrogen) atoms. The SMILES string of the molecule is CCNC(=O)CN(CC)C(=O)CCNc1cc(Cl)ccc1OC. The highest BCUT2D eigenvalue weighted by Crippen LogP contribution is 2.27. The average Bonchev–Trinajstić information content (AvgIpc) is 2.53. The van der Waals surface area contributed by atoms with E-state index in [-0.39, 0.29) is 24.8 Å². The van der Waals surface area contributed by atoms with Gasteiger partial charge in [0.05, 0.1) is 19.3 Å². The van der Waals surface area contributed by atoms with Crippen molar-refractivity contribution in [1.82, 2.24) is 10.2 Å². The number of methoxy groups -OCH3 is 1. The molecule has 0 aromatic heterocycles. The van der Waals surface area contributed by atoms with Crippen molar-refractivity contribution in [2.75, 3.05) is 38.6 Å². The molecule has 0 radical (unpaired) electrons. The van der Waals surface area contributed by atoms with Gasteiger partial charge in [0, 0.05) is 31.1 Å². The van der Waals surface area contributed by atoms with E-state index in [0.717, 1.165) is 5.69 Å². The number of benzene rings is 1. The van der Waals surface area contributed by atoms with Crippen LogP contribution >= 0.6 is 11.6 Å². The summed E-state index contributed by atoms with van der Waals surface area (Å²) in [4.78, 5) is 25.3. The van der Waals surface area contributed by atoms with Gasteiger partial charge in [0.15, 0.2) is 0 Å². The number of ether oxygens (including phenoxy) is 1. The zero-order chi connectivity index (χ0) is 17.2. The van der Waals surface area contributed by atoms with E-state index in [1.807, 2.05) is 13.8 Å². The second-order valence-electron chi connectivity index (χ2n) is 4.88. The fourth-order valence-corrected chi connectivity index (χ4v) is 2.26. The minimum absolute atomic E-state index is 0.0766. The summed E-state index contributed by atoms with van der Waals surface area (Å²) in [5.41, 5.74) is 0.736. The monoisotopic (exact) mass is 341 g/mol. The van der Waals surface area contributed by atoms with Gasteiger partial charge in [0.1, 0.15) is 5.75 Å². The molecule has 1 aromatic rings. The lowest BCUT2D eigenvalue weighted by Gasteiger charge is -2.20. The Morgan fingerprint density at radius 2 is 2.04 bits per heavy atom. The van der Waals surface area contributed by atoms with Crippen LogP contribution in [0.15, 0.2) is 18.2 Å². The molecule has 0 fully saturated rings. The minimum atomic E-state index is -0.146. The molecule has 7 heteroatoms. The Morgan fingerprint density at radius 3 is 2.65 bits per heavy atom. The van der Waals surface area contributed by atoms with Crippen LogP contribution < -0.4 is 15.4 Å². The maximum atomic E-state index is 12.2. The topological polar surface area (TPSA) is 70.7 Å². The lowest BCUT2D eigenvalue weighted by atomic mass is 10.2. The number of carbonyl (C=O) groups is 2. The number of likely N-dealkylation sites (N-methyl/N-ethyl adjacent to an activating group) is 2. The predicted octanol–water partition coefficient (Wildman–Crippen LogP) is 2.14. The first-order chi connectivity index (χ1) is 11.0. The van der Waals surface area contributed by atoms with E-state index in [1.54, 1.807) is 25.3 Å². The molecule has 0 saturated carbocycles. The Kier molecular flexibility index (Phi) is 8.26. The number of rotatable bonds is 9. The smallest absolute Gasteiger partial charge is 0.239 e. The highest BCUT2D eigenvalue weighted by molar-refractivity contribution is 6.30. The van der Waals surface area contributed by atoms with Crippen LogP contribution in [0.25, 0.3) is 0 Å². The Balaban J connectivity index is 2.52. The van der Waals surface area contributed by atoms with Crippen molar-refractivity contribution < 1.29 is 14.3 Å². The molecule has 0 aliphatic rings. The first kappa shape index (κ1) is 19.1. The van der Waals surface area contributed by atoms with Crippen LogP contribution in [0, 0.1) is 0 Å². The third kappa shape index (κ3) is 6.36. The van der Waals surface area contributed by atoms with E-state index in [4.69, 9.17) is 16.3 Å². The summed E-state index contributed by atoms with van der Waals surface area (Å²) in [6.07, 6.45) is 0.281. The van der Waals surface area contributed by atoms with Crippen molar-refractivity contribution in [3.8, 4) is 5.75 Å². The molecular weight excluding hydrogens is 318 g/mol. The van der Waals surface area contributed by atoms with Crippen LogP contribution in [0.1, 0.15) is 20.3 Å². The number of nitrogens with one attached hydrogen (secondary N) is 2. The Morgan fingerprint density at radius 1 is 1.30 bits per heavy atom. The molecule has 0 saturated heterocycles. The molecule has 128 valence electrons. The fourth-order valence-electron chi connectivity index (χ4n) is 2.08. The van der Waals surface area contributed by atoms with Gasteiger partial charge < -0.3 is 20.3 Å². The molecule has 6 nitrogen and oxygen atoms in total. The van der Waals surface area contributed by atoms with Gasteiger partial charge in [-0.05, 0) is 32.0 Å². The number of hydrogen-bond donors (Lipinski definition) is 2. The molecule has 0 bridgehead atoms. The third-order valence-corrected chi connectivity index (χ3v) is 3.49. The number of hydrogen-bond acceptors (Lipinski definition) is 4. The van der Waals surface area contributed by atoms with Crippen molar-refractivity contribution in [3.63, 3.8) is 0 Å². The second-order valence-corrected chi connectivity index (χ2v) is 5.32. The summed E-state index contributed by atoms with van der Waals surface area (Å²) in [7, 11) is 1.57. The van der Waals surface area contributed by atoms with Gasteiger partial charge in [-0.15, -0.1) is 0 Å². The van der Waals surface area contributed by atoms with Crippen molar-refractivity contribution in [1.29, 1.82) is 0 Å². The zero-order valence-corrected chi connectivity index (χ0v) is 14.6. The third-order valence-electron chi connectivity index (χ3n) is 3.26. The number of anilines is 1. The van der Waals surface area contributed by atoms with Gasteiger partial charge in [-0.3, -0.25) is 9.59 Å². The summed E-state index contributed by atoms with van der Waals surface area (Å²) >= 11 is 5.96. The first-order valence-electron chi connectivity index (χ1n) is 7.63. The van der Waals surface area contributed by atoms with Crippen LogP contribution in [0.4, 0.5) is 5.69 Å². The molecule has 0 atom stereocenters. The quantitative estimate of drug-likeness (QED) is 0.722. The fraction of sp³-hybridized carbons (Fsp3) is 0.500. The van der Waals surface area contributed by atoms with Crippen LogP contribution in [-0.4, -0.2) is 50.0 Å².